The van der Waals surface area contributed by atoms with E-state index in [1.807, 2.05) is 0 Å². The summed E-state index contributed by atoms with van der Waals surface area (Å²) in [5.74, 6) is 0.850. The van der Waals surface area contributed by atoms with E-state index >= 15 is 0 Å². The Morgan fingerprint density at radius 1 is 1.60 bits per heavy atom. The summed E-state index contributed by atoms with van der Waals surface area (Å²) in [6.45, 7) is 1.28. The Kier molecular flexibility index (Phi) is 2.76. The van der Waals surface area contributed by atoms with Crippen LogP contribution in [0.1, 0.15) is 12.2 Å². The van der Waals surface area contributed by atoms with Crippen molar-refractivity contribution < 1.29 is 8.42 Å². The highest BCUT2D eigenvalue weighted by molar-refractivity contribution is 7.89. The molecule has 1 aliphatic rings. The molecule has 2 rings (SSSR count). The van der Waals surface area contributed by atoms with E-state index in [1.165, 1.54) is 6.20 Å². The van der Waals surface area contributed by atoms with Crippen molar-refractivity contribution in [2.24, 2.45) is 5.73 Å². The number of nitrogens with zero attached hydrogens (tertiary/aromatic N) is 2. The van der Waals surface area contributed by atoms with Crippen molar-refractivity contribution in [1.29, 1.82) is 0 Å². The molecule has 1 aliphatic heterocycles. The van der Waals surface area contributed by atoms with Crippen LogP contribution in [0.2, 0.25) is 0 Å². The van der Waals surface area contributed by atoms with Gasteiger partial charge in [0, 0.05) is 26.1 Å². The number of aromatic nitrogens is 2. The standard InChI is InChI=1S/C8H14N4O2S/c9-3-4-11-15(13,14)8-6-10-7-2-1-5-12(7)8/h6,11H,1-5,9H2. The van der Waals surface area contributed by atoms with Crippen LogP contribution in [0.5, 0.6) is 0 Å². The average Bonchev–Trinajstić information content (AvgIpc) is 2.74. The molecule has 0 fully saturated rings. The highest BCUT2D eigenvalue weighted by atomic mass is 32.2. The summed E-state index contributed by atoms with van der Waals surface area (Å²) in [6.07, 6.45) is 3.22. The van der Waals surface area contributed by atoms with Gasteiger partial charge in [-0.1, -0.05) is 0 Å². The van der Waals surface area contributed by atoms with Gasteiger partial charge in [0.2, 0.25) is 0 Å². The van der Waals surface area contributed by atoms with Crippen LogP contribution < -0.4 is 10.5 Å². The second-order valence-electron chi connectivity index (χ2n) is 3.45. The zero-order valence-corrected chi connectivity index (χ0v) is 9.13. The van der Waals surface area contributed by atoms with Gasteiger partial charge in [0.05, 0.1) is 6.20 Å². The predicted octanol–water partition coefficient (Wildman–Crippen LogP) is -0.934. The Hall–Kier alpha value is -0.920. The molecule has 0 spiro atoms. The number of nitrogens with two attached hydrogens (primary N) is 1. The number of hydrogen-bond donors (Lipinski definition) is 2. The largest absolute Gasteiger partial charge is 0.329 e. The molecule has 3 N–H and O–H groups in total. The third-order valence-corrected chi connectivity index (χ3v) is 3.86. The third-order valence-electron chi connectivity index (χ3n) is 2.40. The lowest BCUT2D eigenvalue weighted by Crippen LogP contribution is -2.30. The molecule has 1 aromatic heterocycles. The molecule has 1 aromatic rings. The van der Waals surface area contributed by atoms with E-state index < -0.39 is 10.0 Å². The summed E-state index contributed by atoms with van der Waals surface area (Å²) >= 11 is 0. The molecule has 0 amide bonds. The number of sulfonamides is 1. The number of imidazole rings is 1. The fourth-order valence-electron chi connectivity index (χ4n) is 1.71. The number of fused-ring (bicyclic) bond motifs is 1. The molecule has 0 unspecified atom stereocenters. The maximum Gasteiger partial charge on any atom is 0.257 e. The van der Waals surface area contributed by atoms with Gasteiger partial charge in [-0.25, -0.2) is 18.1 Å². The number of hydrogen-bond acceptors (Lipinski definition) is 4. The summed E-state index contributed by atoms with van der Waals surface area (Å²) in [6, 6.07) is 0. The Morgan fingerprint density at radius 2 is 2.40 bits per heavy atom. The fourth-order valence-corrected chi connectivity index (χ4v) is 2.92. The van der Waals surface area contributed by atoms with Gasteiger partial charge in [0.25, 0.3) is 10.0 Å². The minimum Gasteiger partial charge on any atom is -0.329 e. The van der Waals surface area contributed by atoms with Crippen LogP contribution >= 0.6 is 0 Å². The molecular weight excluding hydrogens is 216 g/mol. The van der Waals surface area contributed by atoms with Crippen LogP contribution in [0.3, 0.4) is 0 Å². The SMILES string of the molecule is NCCNS(=O)(=O)c1cnc2n1CCC2. The monoisotopic (exact) mass is 230 g/mol. The molecule has 0 saturated carbocycles. The van der Waals surface area contributed by atoms with Crippen LogP contribution in [0, 0.1) is 0 Å². The van der Waals surface area contributed by atoms with Gasteiger partial charge < -0.3 is 10.3 Å². The van der Waals surface area contributed by atoms with Gasteiger partial charge in [-0.3, -0.25) is 0 Å². The summed E-state index contributed by atoms with van der Waals surface area (Å²) in [4.78, 5) is 4.08. The van der Waals surface area contributed by atoms with Crippen LogP contribution in [0.15, 0.2) is 11.2 Å². The summed E-state index contributed by atoms with van der Waals surface area (Å²) in [5.41, 5.74) is 5.25. The van der Waals surface area contributed by atoms with Crippen molar-refractivity contribution in [3.05, 3.63) is 12.0 Å². The van der Waals surface area contributed by atoms with E-state index in [0.29, 0.717) is 6.54 Å². The summed E-state index contributed by atoms with van der Waals surface area (Å²) in [5, 5.41) is 0.253. The van der Waals surface area contributed by atoms with Crippen LogP contribution in [-0.4, -0.2) is 31.1 Å². The molecule has 6 nitrogen and oxygen atoms in total. The quantitative estimate of drug-likeness (QED) is 0.699. The van der Waals surface area contributed by atoms with E-state index in [1.54, 1.807) is 4.57 Å². The van der Waals surface area contributed by atoms with E-state index in [4.69, 9.17) is 5.73 Å². The highest BCUT2D eigenvalue weighted by Crippen LogP contribution is 2.19. The van der Waals surface area contributed by atoms with Gasteiger partial charge in [0.1, 0.15) is 5.82 Å². The van der Waals surface area contributed by atoms with Crippen molar-refractivity contribution in [2.45, 2.75) is 24.4 Å². The van der Waals surface area contributed by atoms with Gasteiger partial charge in [0.15, 0.2) is 5.03 Å². The lowest BCUT2D eigenvalue weighted by molar-refractivity contribution is 0.565. The molecule has 0 atom stereocenters. The average molecular weight is 230 g/mol. The van der Waals surface area contributed by atoms with Gasteiger partial charge in [-0.15, -0.1) is 0 Å². The number of rotatable bonds is 4. The summed E-state index contributed by atoms with van der Waals surface area (Å²) in [7, 11) is -3.43. The van der Waals surface area contributed by atoms with Gasteiger partial charge in [-0.2, -0.15) is 0 Å². The number of nitrogens with one attached hydrogen (secondary N) is 1. The van der Waals surface area contributed by atoms with Crippen LogP contribution in [-0.2, 0) is 23.0 Å². The van der Waals surface area contributed by atoms with Crippen molar-refractivity contribution in [3.8, 4) is 0 Å². The first-order valence-electron chi connectivity index (χ1n) is 4.89. The first-order chi connectivity index (χ1) is 7.15. The predicted molar refractivity (Wildman–Crippen MR) is 54.8 cm³/mol. The first kappa shape index (κ1) is 10.6. The molecule has 0 aromatic carbocycles. The lowest BCUT2D eigenvalue weighted by atomic mass is 10.4. The minimum atomic E-state index is -3.43. The Labute approximate surface area is 88.5 Å². The third kappa shape index (κ3) is 1.90. The zero-order valence-electron chi connectivity index (χ0n) is 8.31. The van der Waals surface area contributed by atoms with Crippen molar-refractivity contribution in [1.82, 2.24) is 14.3 Å². The highest BCUT2D eigenvalue weighted by Gasteiger charge is 2.24. The minimum absolute atomic E-state index is 0.253. The molecule has 84 valence electrons. The second-order valence-corrected chi connectivity index (χ2v) is 5.17. The van der Waals surface area contributed by atoms with Crippen molar-refractivity contribution in [3.63, 3.8) is 0 Å². The molecule has 7 heteroatoms. The van der Waals surface area contributed by atoms with Crippen molar-refractivity contribution in [2.75, 3.05) is 13.1 Å². The van der Waals surface area contributed by atoms with Crippen molar-refractivity contribution >= 4 is 10.0 Å². The second kappa shape index (κ2) is 3.92. The smallest absolute Gasteiger partial charge is 0.257 e. The normalized spacial score (nSPS) is 15.5. The van der Waals surface area contributed by atoms with Gasteiger partial charge >= 0.3 is 0 Å². The van der Waals surface area contributed by atoms with Crippen LogP contribution in [0.4, 0.5) is 0 Å². The Balaban J connectivity index is 2.29. The molecular formula is C8H14N4O2S. The van der Waals surface area contributed by atoms with Crippen LogP contribution in [0.25, 0.3) is 0 Å². The molecule has 0 radical (unpaired) electrons. The van der Waals surface area contributed by atoms with E-state index in [9.17, 15) is 8.42 Å². The zero-order chi connectivity index (χ0) is 10.9. The maximum absolute atomic E-state index is 11.8. The van der Waals surface area contributed by atoms with E-state index in [-0.39, 0.29) is 11.6 Å². The summed E-state index contributed by atoms with van der Waals surface area (Å²) < 4.78 is 27.7. The molecule has 0 aliphatic carbocycles. The first-order valence-corrected chi connectivity index (χ1v) is 6.37. The Bertz CT molecular complexity index is 451. The van der Waals surface area contributed by atoms with E-state index in [0.717, 1.165) is 25.2 Å². The van der Waals surface area contributed by atoms with Gasteiger partial charge in [-0.05, 0) is 6.42 Å². The molecule has 15 heavy (non-hydrogen) atoms. The molecule has 2 heterocycles. The fraction of sp³-hybridized carbons (Fsp3) is 0.625. The Morgan fingerprint density at radius 3 is 3.13 bits per heavy atom. The topological polar surface area (TPSA) is 90.0 Å². The maximum atomic E-state index is 11.8. The molecule has 0 bridgehead atoms. The van der Waals surface area contributed by atoms with E-state index in [2.05, 4.69) is 9.71 Å². The molecule has 0 saturated heterocycles. The lowest BCUT2D eigenvalue weighted by Gasteiger charge is -2.06. The number of aryl methyl sites for hydroxylation is 1.